The number of hydrogen-bond acceptors (Lipinski definition) is 3. The highest BCUT2D eigenvalue weighted by Gasteiger charge is 2.42. The number of fused-ring (bicyclic) bond motifs is 1. The number of rotatable bonds is 4. The van der Waals surface area contributed by atoms with E-state index >= 15 is 0 Å². The van der Waals surface area contributed by atoms with E-state index in [1.165, 1.54) is 6.07 Å². The first-order chi connectivity index (χ1) is 15.9. The number of aromatic nitrogens is 2. The predicted molar refractivity (Wildman–Crippen MR) is 121 cm³/mol. The van der Waals surface area contributed by atoms with Crippen molar-refractivity contribution in [3.05, 3.63) is 83.0 Å². The molecule has 2 aromatic carbocycles. The van der Waals surface area contributed by atoms with Crippen LogP contribution in [0.15, 0.2) is 54.5 Å². The molecular weight excluding hydrogens is 424 g/mol. The van der Waals surface area contributed by atoms with Gasteiger partial charge in [0.2, 0.25) is 0 Å². The minimum absolute atomic E-state index is 0.0392. The van der Waals surface area contributed by atoms with E-state index in [0.717, 1.165) is 47.8 Å². The molecule has 3 aromatic rings. The monoisotopic (exact) mass is 449 g/mol. The highest BCUT2D eigenvalue weighted by atomic mass is 19.2. The average molecular weight is 450 g/mol. The lowest BCUT2D eigenvalue weighted by atomic mass is 9.91. The second kappa shape index (κ2) is 8.46. The lowest BCUT2D eigenvalue weighted by molar-refractivity contribution is -0.130. The number of carbonyl (C=O) groups excluding carboxylic acids is 1. The molecule has 0 aliphatic carbocycles. The second-order valence-electron chi connectivity index (χ2n) is 8.71. The molecule has 2 aliphatic heterocycles. The number of carbonyl (C=O) groups is 1. The molecule has 0 spiro atoms. The van der Waals surface area contributed by atoms with Crippen LogP contribution in [-0.4, -0.2) is 33.5 Å². The number of nitrogens with zero attached hydrogens (tertiary/aromatic N) is 3. The van der Waals surface area contributed by atoms with E-state index in [0.29, 0.717) is 17.7 Å². The molecule has 1 aromatic heterocycles. The van der Waals surface area contributed by atoms with Crippen molar-refractivity contribution in [1.29, 1.82) is 0 Å². The summed E-state index contributed by atoms with van der Waals surface area (Å²) >= 11 is 0. The van der Waals surface area contributed by atoms with Crippen LogP contribution in [0.4, 0.5) is 8.78 Å². The van der Waals surface area contributed by atoms with Gasteiger partial charge in [0.05, 0.1) is 30.9 Å². The van der Waals surface area contributed by atoms with E-state index < -0.39 is 11.6 Å². The standard InChI is InChI=1S/C26H25F2N3O2/c1-16-14-30(15-29-16)24-9-6-17(11-25(24)33-2)10-19-12-20-4-3-5-23(31(20)26(19)32)18-7-8-21(27)22(28)13-18/h6-11,13-15,20,23H,3-5,12H2,1-2H3/b19-10+/t20-,23-/m1/s1. The first kappa shape index (κ1) is 21.4. The fourth-order valence-corrected chi connectivity index (χ4v) is 5.01. The third-order valence-corrected chi connectivity index (χ3v) is 6.57. The van der Waals surface area contributed by atoms with Crippen molar-refractivity contribution in [2.45, 2.75) is 44.7 Å². The Morgan fingerprint density at radius 3 is 2.70 bits per heavy atom. The number of aryl methyl sites for hydroxylation is 1. The van der Waals surface area contributed by atoms with E-state index in [-0.39, 0.29) is 18.0 Å². The van der Waals surface area contributed by atoms with Gasteiger partial charge >= 0.3 is 0 Å². The lowest BCUT2D eigenvalue weighted by Crippen LogP contribution is -2.40. The Bertz CT molecular complexity index is 1250. The normalized spacial score (nSPS) is 21.5. The molecule has 2 fully saturated rings. The fraction of sp³-hybridized carbons (Fsp3) is 0.308. The fourth-order valence-electron chi connectivity index (χ4n) is 5.01. The van der Waals surface area contributed by atoms with E-state index in [1.807, 2.05) is 46.9 Å². The van der Waals surface area contributed by atoms with Crippen LogP contribution in [0.1, 0.15) is 48.5 Å². The quantitative estimate of drug-likeness (QED) is 0.503. The maximum absolute atomic E-state index is 13.9. The van der Waals surface area contributed by atoms with Gasteiger partial charge in [0.1, 0.15) is 5.75 Å². The Kier molecular flexibility index (Phi) is 5.48. The first-order valence-corrected chi connectivity index (χ1v) is 11.1. The predicted octanol–water partition coefficient (Wildman–Crippen LogP) is 5.38. The van der Waals surface area contributed by atoms with Gasteiger partial charge < -0.3 is 14.2 Å². The summed E-state index contributed by atoms with van der Waals surface area (Å²) in [4.78, 5) is 19.5. The van der Waals surface area contributed by atoms with Crippen LogP contribution in [0.3, 0.4) is 0 Å². The van der Waals surface area contributed by atoms with Gasteiger partial charge in [0.25, 0.3) is 5.91 Å². The number of hydrogen-bond donors (Lipinski definition) is 0. The Labute approximate surface area is 191 Å². The van der Waals surface area contributed by atoms with Gasteiger partial charge in [-0.1, -0.05) is 12.1 Å². The third-order valence-electron chi connectivity index (χ3n) is 6.57. The van der Waals surface area contributed by atoms with Crippen LogP contribution in [0.2, 0.25) is 0 Å². The zero-order valence-corrected chi connectivity index (χ0v) is 18.6. The van der Waals surface area contributed by atoms with Crippen molar-refractivity contribution < 1.29 is 18.3 Å². The number of halogens is 2. The number of amides is 1. The summed E-state index contributed by atoms with van der Waals surface area (Å²) in [7, 11) is 1.62. The molecule has 7 heteroatoms. The maximum atomic E-state index is 13.9. The summed E-state index contributed by atoms with van der Waals surface area (Å²) in [5.74, 6) is -1.10. The molecule has 170 valence electrons. The zero-order valence-electron chi connectivity index (χ0n) is 18.6. The van der Waals surface area contributed by atoms with Gasteiger partial charge in [0.15, 0.2) is 11.6 Å². The van der Waals surface area contributed by atoms with Gasteiger partial charge in [0, 0.05) is 17.8 Å². The van der Waals surface area contributed by atoms with E-state index in [2.05, 4.69) is 4.98 Å². The van der Waals surface area contributed by atoms with E-state index in [9.17, 15) is 13.6 Å². The van der Waals surface area contributed by atoms with Crippen molar-refractivity contribution >= 4 is 12.0 Å². The molecule has 5 nitrogen and oxygen atoms in total. The van der Waals surface area contributed by atoms with Gasteiger partial charge in [-0.3, -0.25) is 4.79 Å². The van der Waals surface area contributed by atoms with Gasteiger partial charge in [-0.15, -0.1) is 0 Å². The number of imidazole rings is 1. The first-order valence-electron chi connectivity index (χ1n) is 11.1. The Hall–Kier alpha value is -3.48. The van der Waals surface area contributed by atoms with Crippen LogP contribution >= 0.6 is 0 Å². The minimum Gasteiger partial charge on any atom is -0.495 e. The summed E-state index contributed by atoms with van der Waals surface area (Å²) in [6, 6.07) is 9.60. The SMILES string of the molecule is COc1cc(/C=C2\C[C@H]3CCC[C@H](c4ccc(F)c(F)c4)N3C2=O)ccc1-n1cnc(C)c1. The molecule has 0 radical (unpaired) electrons. The molecular formula is C26H25F2N3O2. The number of benzene rings is 2. The number of ether oxygens (including phenoxy) is 1. The molecule has 5 rings (SSSR count). The zero-order chi connectivity index (χ0) is 23.1. The van der Waals surface area contributed by atoms with Crippen molar-refractivity contribution in [3.8, 4) is 11.4 Å². The van der Waals surface area contributed by atoms with Crippen molar-refractivity contribution in [2.24, 2.45) is 0 Å². The molecule has 0 unspecified atom stereocenters. The van der Waals surface area contributed by atoms with Gasteiger partial charge in [-0.2, -0.15) is 0 Å². The summed E-state index contributed by atoms with van der Waals surface area (Å²) in [5.41, 5.74) is 4.03. The maximum Gasteiger partial charge on any atom is 0.250 e. The third kappa shape index (κ3) is 3.92. The molecule has 2 aliphatic rings. The van der Waals surface area contributed by atoms with Crippen LogP contribution in [-0.2, 0) is 4.79 Å². The molecule has 0 bridgehead atoms. The lowest BCUT2D eigenvalue weighted by Gasteiger charge is -2.37. The van der Waals surface area contributed by atoms with Crippen LogP contribution < -0.4 is 4.74 Å². The molecule has 2 atom stereocenters. The highest BCUT2D eigenvalue weighted by molar-refractivity contribution is 6.00. The van der Waals surface area contributed by atoms with Crippen LogP contribution in [0, 0.1) is 18.6 Å². The highest BCUT2D eigenvalue weighted by Crippen LogP contribution is 2.42. The Balaban J connectivity index is 1.44. The Morgan fingerprint density at radius 2 is 1.97 bits per heavy atom. The largest absolute Gasteiger partial charge is 0.495 e. The van der Waals surface area contributed by atoms with Gasteiger partial charge in [-0.25, -0.2) is 13.8 Å². The minimum atomic E-state index is -0.877. The van der Waals surface area contributed by atoms with Gasteiger partial charge in [-0.05, 0) is 74.1 Å². The smallest absolute Gasteiger partial charge is 0.250 e. The molecule has 0 saturated carbocycles. The average Bonchev–Trinajstić information content (AvgIpc) is 3.38. The van der Waals surface area contributed by atoms with Crippen molar-refractivity contribution in [1.82, 2.24) is 14.5 Å². The second-order valence-corrected chi connectivity index (χ2v) is 8.71. The number of methoxy groups -OCH3 is 1. The number of piperidine rings is 1. The van der Waals surface area contributed by atoms with Crippen molar-refractivity contribution in [3.63, 3.8) is 0 Å². The van der Waals surface area contributed by atoms with Crippen LogP contribution in [0.5, 0.6) is 5.75 Å². The Morgan fingerprint density at radius 1 is 1.12 bits per heavy atom. The van der Waals surface area contributed by atoms with E-state index in [4.69, 9.17) is 4.74 Å². The topological polar surface area (TPSA) is 47.4 Å². The molecule has 1 amide bonds. The van der Waals surface area contributed by atoms with E-state index in [1.54, 1.807) is 19.5 Å². The molecule has 0 N–H and O–H groups in total. The van der Waals surface area contributed by atoms with Crippen LogP contribution in [0.25, 0.3) is 11.8 Å². The summed E-state index contributed by atoms with van der Waals surface area (Å²) < 4.78 is 34.8. The molecule has 33 heavy (non-hydrogen) atoms. The van der Waals surface area contributed by atoms with Crippen molar-refractivity contribution in [2.75, 3.05) is 7.11 Å². The summed E-state index contributed by atoms with van der Waals surface area (Å²) in [6.45, 7) is 1.93. The molecule has 2 saturated heterocycles. The molecule has 3 heterocycles. The summed E-state index contributed by atoms with van der Waals surface area (Å²) in [5, 5.41) is 0. The summed E-state index contributed by atoms with van der Waals surface area (Å²) in [6.07, 6.45) is 8.81.